The van der Waals surface area contributed by atoms with Gasteiger partial charge in [-0.1, -0.05) is 19.1 Å². The molecule has 6 nitrogen and oxygen atoms in total. The first-order valence-electron chi connectivity index (χ1n) is 13.3. The van der Waals surface area contributed by atoms with E-state index in [1.807, 2.05) is 24.4 Å². The van der Waals surface area contributed by atoms with Crippen LogP contribution in [0.15, 0.2) is 58.6 Å². The lowest BCUT2D eigenvalue weighted by atomic mass is 9.97. The Bertz CT molecular complexity index is 1400. The fraction of sp³-hybridized carbons (Fsp3) is 0.367. The van der Waals surface area contributed by atoms with Crippen LogP contribution in [0.4, 0.5) is 5.69 Å². The normalized spacial score (nSPS) is 19.9. The van der Waals surface area contributed by atoms with Crippen LogP contribution in [0.2, 0.25) is 0 Å². The van der Waals surface area contributed by atoms with E-state index in [2.05, 4.69) is 68.9 Å². The maximum Gasteiger partial charge on any atom is 0.286 e. The molecule has 3 aromatic rings. The van der Waals surface area contributed by atoms with E-state index in [4.69, 9.17) is 0 Å². The number of hydrogen-bond donors (Lipinski definition) is 0. The summed E-state index contributed by atoms with van der Waals surface area (Å²) in [6.07, 6.45) is 6.20. The summed E-state index contributed by atoms with van der Waals surface area (Å²) in [5.41, 5.74) is 6.93. The number of hydrogen-bond acceptors (Lipinski definition) is 6. The van der Waals surface area contributed by atoms with E-state index in [1.54, 1.807) is 0 Å². The van der Waals surface area contributed by atoms with Crippen LogP contribution in [0.25, 0.3) is 28.1 Å². The van der Waals surface area contributed by atoms with Crippen molar-refractivity contribution in [3.05, 3.63) is 64.7 Å². The fourth-order valence-electron chi connectivity index (χ4n) is 5.58. The number of rotatable bonds is 4. The Hall–Kier alpha value is -3.16. The van der Waals surface area contributed by atoms with E-state index in [0.717, 1.165) is 73.0 Å². The third kappa shape index (κ3) is 4.90. The number of likely N-dealkylation sites (tertiary alicyclic amines) is 1. The molecule has 0 radical (unpaired) electrons. The molecular weight excluding hydrogens is 478 g/mol. The van der Waals surface area contributed by atoms with E-state index < -0.39 is 0 Å². The van der Waals surface area contributed by atoms with Gasteiger partial charge >= 0.3 is 0 Å². The first-order valence-corrected chi connectivity index (χ1v) is 14.2. The number of nitrogens with zero attached hydrogens (tertiary/aromatic N) is 5. The number of carbonyl (C=O) groups is 1. The standard InChI is InChI=1S/C30H33N5OS/c1-3-33-14-16-34(17-15-33)27-9-7-23(18-21(27)2)24-10-11-31-26-8-6-22(19-25(24)26)20-28-29(36)32-30(37-28)35-12-4-5-13-35/h6-11,18-20H,3-5,12-17H2,1-2H3/b28-20-. The fourth-order valence-corrected chi connectivity index (χ4v) is 6.55. The minimum Gasteiger partial charge on any atom is -0.369 e. The SMILES string of the molecule is CCN1CCN(c2ccc(-c3ccnc4ccc(/C=C5\SC(N6CCCC6)=NC5=O)cc34)cc2C)CC1. The number of likely N-dealkylation sites (N-methyl/N-ethyl adjacent to an activating group) is 1. The van der Waals surface area contributed by atoms with E-state index in [0.29, 0.717) is 4.91 Å². The smallest absolute Gasteiger partial charge is 0.286 e. The van der Waals surface area contributed by atoms with Crippen LogP contribution < -0.4 is 4.90 Å². The van der Waals surface area contributed by atoms with Gasteiger partial charge in [0.05, 0.1) is 10.4 Å². The lowest BCUT2D eigenvalue weighted by molar-refractivity contribution is -0.113. The number of piperazine rings is 1. The zero-order valence-corrected chi connectivity index (χ0v) is 22.4. The van der Waals surface area contributed by atoms with Crippen molar-refractivity contribution in [2.45, 2.75) is 26.7 Å². The van der Waals surface area contributed by atoms with Crippen molar-refractivity contribution in [1.82, 2.24) is 14.8 Å². The van der Waals surface area contributed by atoms with Gasteiger partial charge in [-0.25, -0.2) is 0 Å². The van der Waals surface area contributed by atoms with Crippen molar-refractivity contribution >= 4 is 45.5 Å². The Morgan fingerprint density at radius 3 is 2.51 bits per heavy atom. The first-order chi connectivity index (χ1) is 18.1. The molecule has 0 saturated carbocycles. The van der Waals surface area contributed by atoms with Gasteiger partial charge < -0.3 is 14.7 Å². The van der Waals surface area contributed by atoms with Gasteiger partial charge in [-0.15, -0.1) is 0 Å². The highest BCUT2D eigenvalue weighted by Gasteiger charge is 2.27. The summed E-state index contributed by atoms with van der Waals surface area (Å²) in [6.45, 7) is 11.9. The predicted octanol–water partition coefficient (Wildman–Crippen LogP) is 5.42. The highest BCUT2D eigenvalue weighted by molar-refractivity contribution is 8.18. The molecule has 37 heavy (non-hydrogen) atoms. The Kier molecular flexibility index (Phi) is 6.74. The number of aliphatic imine (C=N–C) groups is 1. The number of amidine groups is 1. The van der Waals surface area contributed by atoms with Crippen LogP contribution in [0.3, 0.4) is 0 Å². The van der Waals surface area contributed by atoms with Crippen LogP contribution in [-0.4, -0.2) is 71.7 Å². The molecule has 7 heteroatoms. The Morgan fingerprint density at radius 1 is 0.946 bits per heavy atom. The summed E-state index contributed by atoms with van der Waals surface area (Å²) >= 11 is 1.50. The molecule has 0 atom stereocenters. The number of aryl methyl sites for hydroxylation is 1. The Labute approximate surface area is 223 Å². The molecule has 0 unspecified atom stereocenters. The molecule has 2 aromatic carbocycles. The summed E-state index contributed by atoms with van der Waals surface area (Å²) in [6, 6.07) is 15.1. The topological polar surface area (TPSA) is 52.0 Å². The zero-order valence-electron chi connectivity index (χ0n) is 21.6. The second-order valence-electron chi connectivity index (χ2n) is 10.1. The molecule has 0 spiro atoms. The van der Waals surface area contributed by atoms with Crippen molar-refractivity contribution in [1.29, 1.82) is 0 Å². The monoisotopic (exact) mass is 511 g/mol. The van der Waals surface area contributed by atoms with Gasteiger partial charge in [0.1, 0.15) is 0 Å². The summed E-state index contributed by atoms with van der Waals surface area (Å²) in [7, 11) is 0. The van der Waals surface area contributed by atoms with E-state index in [1.165, 1.54) is 41.4 Å². The quantitative estimate of drug-likeness (QED) is 0.436. The maximum absolute atomic E-state index is 12.6. The maximum atomic E-state index is 12.6. The first kappa shape index (κ1) is 24.2. The molecule has 3 aliphatic heterocycles. The molecule has 1 aromatic heterocycles. The van der Waals surface area contributed by atoms with E-state index in [-0.39, 0.29) is 5.91 Å². The second kappa shape index (κ2) is 10.3. The minimum absolute atomic E-state index is 0.135. The number of fused-ring (bicyclic) bond motifs is 1. The van der Waals surface area contributed by atoms with Crippen LogP contribution in [0.5, 0.6) is 0 Å². The van der Waals surface area contributed by atoms with Gasteiger partial charge in [-0.2, -0.15) is 4.99 Å². The van der Waals surface area contributed by atoms with Crippen molar-refractivity contribution < 1.29 is 4.79 Å². The number of benzene rings is 2. The summed E-state index contributed by atoms with van der Waals surface area (Å²) in [4.78, 5) is 29.5. The van der Waals surface area contributed by atoms with Gasteiger partial charge in [0.15, 0.2) is 5.17 Å². The number of aromatic nitrogens is 1. The van der Waals surface area contributed by atoms with Gasteiger partial charge in [0, 0.05) is 56.5 Å². The van der Waals surface area contributed by atoms with Crippen molar-refractivity contribution in [2.24, 2.45) is 4.99 Å². The summed E-state index contributed by atoms with van der Waals surface area (Å²) in [5, 5.41) is 1.94. The molecular formula is C30H33N5OS. The molecule has 1 amide bonds. The lowest BCUT2D eigenvalue weighted by Crippen LogP contribution is -2.46. The minimum atomic E-state index is -0.135. The molecule has 0 bridgehead atoms. The molecule has 2 fully saturated rings. The van der Waals surface area contributed by atoms with Crippen molar-refractivity contribution in [2.75, 3.05) is 50.7 Å². The molecule has 0 N–H and O–H groups in total. The second-order valence-corrected chi connectivity index (χ2v) is 11.1. The van der Waals surface area contributed by atoms with Crippen LogP contribution >= 0.6 is 11.8 Å². The van der Waals surface area contributed by atoms with Crippen LogP contribution in [-0.2, 0) is 4.79 Å². The number of thioether (sulfide) groups is 1. The number of pyridine rings is 1. The molecule has 4 heterocycles. The van der Waals surface area contributed by atoms with Crippen molar-refractivity contribution in [3.8, 4) is 11.1 Å². The van der Waals surface area contributed by atoms with E-state index >= 15 is 0 Å². The Balaban J connectivity index is 1.28. The third-order valence-electron chi connectivity index (χ3n) is 7.72. The average Bonchev–Trinajstić information content (AvgIpc) is 3.59. The molecule has 3 aliphatic rings. The number of anilines is 1. The largest absolute Gasteiger partial charge is 0.369 e. The van der Waals surface area contributed by atoms with E-state index in [9.17, 15) is 4.79 Å². The van der Waals surface area contributed by atoms with Gasteiger partial charge in [0.2, 0.25) is 0 Å². The van der Waals surface area contributed by atoms with Gasteiger partial charge in [0.25, 0.3) is 5.91 Å². The zero-order chi connectivity index (χ0) is 25.4. The highest BCUT2D eigenvalue weighted by atomic mass is 32.2. The number of amides is 1. The Morgan fingerprint density at radius 2 is 1.76 bits per heavy atom. The molecule has 190 valence electrons. The van der Waals surface area contributed by atoms with Gasteiger partial charge in [-0.3, -0.25) is 9.78 Å². The van der Waals surface area contributed by atoms with Crippen LogP contribution in [0.1, 0.15) is 30.9 Å². The third-order valence-corrected chi connectivity index (χ3v) is 8.76. The molecule has 6 rings (SSSR count). The number of carbonyl (C=O) groups excluding carboxylic acids is 1. The van der Waals surface area contributed by atoms with Gasteiger partial charge in [-0.05, 0) is 96.7 Å². The summed E-state index contributed by atoms with van der Waals surface area (Å²) < 4.78 is 0. The summed E-state index contributed by atoms with van der Waals surface area (Å²) in [5.74, 6) is -0.135. The van der Waals surface area contributed by atoms with Crippen molar-refractivity contribution in [3.63, 3.8) is 0 Å². The molecule has 2 saturated heterocycles. The average molecular weight is 512 g/mol. The predicted molar refractivity (Wildman–Crippen MR) is 155 cm³/mol. The highest BCUT2D eigenvalue weighted by Crippen LogP contribution is 2.35. The van der Waals surface area contributed by atoms with Crippen LogP contribution in [0, 0.1) is 6.92 Å². The lowest BCUT2D eigenvalue weighted by Gasteiger charge is -2.36. The molecule has 0 aliphatic carbocycles.